The van der Waals surface area contributed by atoms with E-state index in [9.17, 15) is 18.0 Å². The Morgan fingerprint density at radius 3 is 2.50 bits per heavy atom. The van der Waals surface area contributed by atoms with E-state index in [4.69, 9.17) is 16.6 Å². The minimum Gasteiger partial charge on any atom is -0.309 e. The fourth-order valence-electron chi connectivity index (χ4n) is 3.79. The number of rotatable bonds is 3. The van der Waals surface area contributed by atoms with Crippen LogP contribution < -0.4 is 10.6 Å². The van der Waals surface area contributed by atoms with Gasteiger partial charge in [-0.3, -0.25) is 15.2 Å². The predicted molar refractivity (Wildman–Crippen MR) is 118 cm³/mol. The van der Waals surface area contributed by atoms with Crippen LogP contribution in [0.4, 0.5) is 19.0 Å². The fourth-order valence-corrected chi connectivity index (χ4v) is 3.92. The zero-order chi connectivity index (χ0) is 22.9. The van der Waals surface area contributed by atoms with Gasteiger partial charge in [0.2, 0.25) is 5.96 Å². The van der Waals surface area contributed by atoms with Crippen molar-refractivity contribution >= 4 is 40.2 Å². The molecule has 1 saturated carbocycles. The molecule has 1 aliphatic carbocycles. The molecule has 1 aromatic heterocycles. The lowest BCUT2D eigenvalue weighted by Gasteiger charge is -2.21. The van der Waals surface area contributed by atoms with Crippen LogP contribution in [0.25, 0.3) is 10.9 Å². The van der Waals surface area contributed by atoms with Crippen molar-refractivity contribution in [3.8, 4) is 0 Å². The summed E-state index contributed by atoms with van der Waals surface area (Å²) in [5.41, 5.74) is -0.519. The largest absolute Gasteiger partial charge is 0.416 e. The van der Waals surface area contributed by atoms with Crippen molar-refractivity contribution in [3.05, 3.63) is 58.6 Å². The summed E-state index contributed by atoms with van der Waals surface area (Å²) >= 11 is 5.89. The third-order valence-corrected chi connectivity index (χ3v) is 5.78. The average molecular weight is 464 g/mol. The smallest absolute Gasteiger partial charge is 0.309 e. The summed E-state index contributed by atoms with van der Waals surface area (Å²) in [4.78, 5) is 17.5. The summed E-state index contributed by atoms with van der Waals surface area (Å²) in [7, 11) is 0. The third-order valence-electron chi connectivity index (χ3n) is 5.53. The second kappa shape index (κ2) is 8.46. The van der Waals surface area contributed by atoms with Crippen LogP contribution in [0.1, 0.15) is 48.5 Å². The first-order valence-electron chi connectivity index (χ1n) is 10.1. The van der Waals surface area contributed by atoms with Crippen LogP contribution in [0.15, 0.2) is 47.5 Å². The number of alkyl halides is 3. The standard InChI is InChI=1S/C22H21ClF3N5O/c1-21(10-2-3-11-21)29-20(28-19(32)13-4-7-15(23)8-5-13)27-18-16-9-6-14(22(24,25)26)12-17(16)30-31-18/h4-9,12H,2-3,10-11H2,1H3,(H3,27,28,29,30,31,32). The van der Waals surface area contributed by atoms with Crippen molar-refractivity contribution in [3.63, 3.8) is 0 Å². The van der Waals surface area contributed by atoms with Gasteiger partial charge in [0.1, 0.15) is 0 Å². The molecule has 1 heterocycles. The molecular formula is C22H21ClF3N5O. The number of nitrogens with zero attached hydrogens (tertiary/aromatic N) is 2. The monoisotopic (exact) mass is 463 g/mol. The number of hydrogen-bond donors (Lipinski definition) is 3. The molecule has 2 aromatic carbocycles. The molecule has 1 fully saturated rings. The van der Waals surface area contributed by atoms with Gasteiger partial charge in [0.15, 0.2) is 5.82 Å². The second-order valence-electron chi connectivity index (χ2n) is 8.08. The number of anilines is 1. The number of hydrogen-bond acceptors (Lipinski definition) is 3. The van der Waals surface area contributed by atoms with Gasteiger partial charge in [-0.25, -0.2) is 4.99 Å². The third kappa shape index (κ3) is 4.88. The van der Waals surface area contributed by atoms with E-state index >= 15 is 0 Å². The Balaban J connectivity index is 1.64. The quantitative estimate of drug-likeness (QED) is 0.341. The van der Waals surface area contributed by atoms with Gasteiger partial charge in [0.05, 0.1) is 16.6 Å². The van der Waals surface area contributed by atoms with Crippen molar-refractivity contribution in [2.75, 3.05) is 5.32 Å². The van der Waals surface area contributed by atoms with Crippen LogP contribution in [0.2, 0.25) is 5.02 Å². The number of amides is 1. The minimum absolute atomic E-state index is 0.183. The SMILES string of the molecule is CC1(N=C(NC(=O)c2ccc(Cl)cc2)Nc2n[nH]c3cc(C(F)(F)F)ccc23)CCCC1. The molecule has 0 unspecified atom stereocenters. The summed E-state index contributed by atoms with van der Waals surface area (Å²) < 4.78 is 39.0. The molecule has 10 heteroatoms. The number of aromatic nitrogens is 2. The van der Waals surface area contributed by atoms with Gasteiger partial charge >= 0.3 is 6.18 Å². The molecule has 0 radical (unpaired) electrons. The number of carbonyl (C=O) groups excluding carboxylic acids is 1. The minimum atomic E-state index is -4.46. The maximum atomic E-state index is 13.0. The van der Waals surface area contributed by atoms with Crippen molar-refractivity contribution in [2.45, 2.75) is 44.3 Å². The summed E-state index contributed by atoms with van der Waals surface area (Å²) in [6, 6.07) is 9.72. The zero-order valence-electron chi connectivity index (χ0n) is 17.2. The maximum Gasteiger partial charge on any atom is 0.416 e. The Hall–Kier alpha value is -3.07. The van der Waals surface area contributed by atoms with E-state index in [0.717, 1.165) is 37.8 Å². The van der Waals surface area contributed by atoms with E-state index < -0.39 is 17.6 Å². The fraction of sp³-hybridized carbons (Fsp3) is 0.318. The number of nitrogens with one attached hydrogen (secondary N) is 3. The summed E-state index contributed by atoms with van der Waals surface area (Å²) in [6.07, 6.45) is -0.659. The maximum absolute atomic E-state index is 13.0. The molecule has 168 valence electrons. The van der Waals surface area contributed by atoms with Crippen molar-refractivity contribution < 1.29 is 18.0 Å². The Kier molecular flexibility index (Phi) is 5.85. The first kappa shape index (κ1) is 22.1. The molecule has 0 aliphatic heterocycles. The topological polar surface area (TPSA) is 82.2 Å². The molecule has 0 spiro atoms. The number of carbonyl (C=O) groups is 1. The number of fused-ring (bicyclic) bond motifs is 1. The van der Waals surface area contributed by atoms with Crippen molar-refractivity contribution in [1.82, 2.24) is 15.5 Å². The van der Waals surface area contributed by atoms with E-state index in [1.54, 1.807) is 24.3 Å². The van der Waals surface area contributed by atoms with Gasteiger partial charge in [0.25, 0.3) is 5.91 Å². The molecule has 0 saturated heterocycles. The molecule has 1 aliphatic rings. The van der Waals surface area contributed by atoms with E-state index in [2.05, 4.69) is 20.8 Å². The van der Waals surface area contributed by atoms with Crippen LogP contribution in [0.3, 0.4) is 0 Å². The summed E-state index contributed by atoms with van der Waals surface area (Å²) in [5.74, 6) is 0.0573. The van der Waals surface area contributed by atoms with Gasteiger partial charge in [-0.2, -0.15) is 18.3 Å². The highest BCUT2D eigenvalue weighted by Gasteiger charge is 2.31. The molecule has 32 heavy (non-hydrogen) atoms. The first-order chi connectivity index (χ1) is 15.1. The van der Waals surface area contributed by atoms with Crippen molar-refractivity contribution in [1.29, 1.82) is 0 Å². The highest BCUT2D eigenvalue weighted by molar-refractivity contribution is 6.30. The number of aliphatic imine (C=N–C) groups is 1. The van der Waals surface area contributed by atoms with Crippen LogP contribution >= 0.6 is 11.6 Å². The highest BCUT2D eigenvalue weighted by atomic mass is 35.5. The Morgan fingerprint density at radius 2 is 1.84 bits per heavy atom. The van der Waals surface area contributed by atoms with E-state index in [0.29, 0.717) is 16.0 Å². The number of benzene rings is 2. The Morgan fingerprint density at radius 1 is 1.16 bits per heavy atom. The summed E-state index contributed by atoms with van der Waals surface area (Å²) in [5, 5.41) is 13.4. The molecule has 0 atom stereocenters. The number of aromatic amines is 1. The second-order valence-corrected chi connectivity index (χ2v) is 8.52. The molecule has 6 nitrogen and oxygen atoms in total. The highest BCUT2D eigenvalue weighted by Crippen LogP contribution is 2.34. The molecule has 3 N–H and O–H groups in total. The molecule has 3 aromatic rings. The predicted octanol–water partition coefficient (Wildman–Crippen LogP) is 5.77. The van der Waals surface area contributed by atoms with Gasteiger partial charge in [-0.05, 0) is 62.2 Å². The molecule has 1 amide bonds. The van der Waals surface area contributed by atoms with Crippen molar-refractivity contribution in [2.24, 2.45) is 4.99 Å². The Labute approximate surface area is 187 Å². The lowest BCUT2D eigenvalue weighted by Crippen LogP contribution is -2.38. The molecule has 0 bridgehead atoms. The molecular weight excluding hydrogens is 443 g/mol. The van der Waals surface area contributed by atoms with Crippen LogP contribution in [0, 0.1) is 0 Å². The summed E-state index contributed by atoms with van der Waals surface area (Å²) in [6.45, 7) is 2.01. The lowest BCUT2D eigenvalue weighted by atomic mass is 10.0. The van der Waals surface area contributed by atoms with Gasteiger partial charge < -0.3 is 5.32 Å². The van der Waals surface area contributed by atoms with E-state index in [-0.39, 0.29) is 22.8 Å². The molecule has 4 rings (SSSR count). The number of guanidine groups is 1. The van der Waals surface area contributed by atoms with Gasteiger partial charge in [0, 0.05) is 16.0 Å². The average Bonchev–Trinajstić information content (AvgIpc) is 3.33. The van der Waals surface area contributed by atoms with E-state index in [1.807, 2.05) is 6.92 Å². The van der Waals surface area contributed by atoms with Gasteiger partial charge in [-0.1, -0.05) is 24.4 Å². The van der Waals surface area contributed by atoms with E-state index in [1.165, 1.54) is 6.07 Å². The lowest BCUT2D eigenvalue weighted by molar-refractivity contribution is -0.137. The zero-order valence-corrected chi connectivity index (χ0v) is 17.9. The van der Waals surface area contributed by atoms with Crippen LogP contribution in [-0.2, 0) is 6.18 Å². The van der Waals surface area contributed by atoms with Crippen LogP contribution in [-0.4, -0.2) is 27.6 Å². The number of H-pyrrole nitrogens is 1. The van der Waals surface area contributed by atoms with Gasteiger partial charge in [-0.15, -0.1) is 0 Å². The Bertz CT molecular complexity index is 1160. The number of halogens is 4. The normalized spacial score (nSPS) is 16.3. The first-order valence-corrected chi connectivity index (χ1v) is 10.5. The van der Waals surface area contributed by atoms with Crippen LogP contribution in [0.5, 0.6) is 0 Å².